The summed E-state index contributed by atoms with van der Waals surface area (Å²) in [5, 5.41) is 2.55. The Labute approximate surface area is 120 Å². The molecule has 0 unspecified atom stereocenters. The minimum absolute atomic E-state index is 0.180. The van der Waals surface area contributed by atoms with Gasteiger partial charge in [0, 0.05) is 5.56 Å². The summed E-state index contributed by atoms with van der Waals surface area (Å²) in [4.78, 5) is 37.0. The number of carbonyl (C=O) groups is 3. The monoisotopic (exact) mass is 295 g/mol. The van der Waals surface area contributed by atoms with Gasteiger partial charge in [-0.05, 0) is 32.0 Å². The molecule has 3 N–H and O–H groups in total. The molecule has 6 nitrogen and oxygen atoms in total. The van der Waals surface area contributed by atoms with Crippen LogP contribution in [-0.2, 0) is 9.59 Å². The van der Waals surface area contributed by atoms with Crippen molar-refractivity contribution in [3.63, 3.8) is 0 Å². The van der Waals surface area contributed by atoms with Crippen molar-refractivity contribution < 1.29 is 14.4 Å². The Bertz CT molecular complexity index is 613. The number of nitrogens with zero attached hydrogens (tertiary/aromatic N) is 1. The molecule has 7 heteroatoms. The van der Waals surface area contributed by atoms with Crippen LogP contribution in [-0.4, -0.2) is 34.7 Å². The number of nitrogen functional groups attached to an aromatic ring is 1. The molecule has 0 radical (unpaired) electrons. The molecule has 1 aromatic carbocycles. The van der Waals surface area contributed by atoms with Crippen molar-refractivity contribution >= 4 is 35.0 Å². The van der Waals surface area contributed by atoms with E-state index in [1.54, 1.807) is 13.8 Å². The fraction of sp³-hybridized carbons (Fsp3) is 0.308. The van der Waals surface area contributed by atoms with Crippen LogP contribution in [0.4, 0.5) is 5.69 Å². The lowest BCUT2D eigenvalue weighted by atomic mass is 9.97. The van der Waals surface area contributed by atoms with Gasteiger partial charge in [-0.3, -0.25) is 19.7 Å². The van der Waals surface area contributed by atoms with E-state index in [9.17, 15) is 14.4 Å². The van der Waals surface area contributed by atoms with E-state index in [-0.39, 0.29) is 17.8 Å². The van der Waals surface area contributed by atoms with Crippen LogP contribution in [0.2, 0.25) is 5.02 Å². The average molecular weight is 296 g/mol. The molecule has 106 valence electrons. The van der Waals surface area contributed by atoms with E-state index in [4.69, 9.17) is 17.3 Å². The molecular weight excluding hydrogens is 282 g/mol. The summed E-state index contributed by atoms with van der Waals surface area (Å²) in [5.74, 6) is -1.46. The molecule has 0 saturated carbocycles. The summed E-state index contributed by atoms with van der Waals surface area (Å²) in [6.07, 6.45) is 0. The Kier molecular flexibility index (Phi) is 3.43. The first-order valence-electron chi connectivity index (χ1n) is 5.95. The first-order chi connectivity index (χ1) is 9.23. The van der Waals surface area contributed by atoms with Crippen molar-refractivity contribution in [2.45, 2.75) is 19.4 Å². The van der Waals surface area contributed by atoms with Crippen LogP contribution in [0.1, 0.15) is 24.2 Å². The van der Waals surface area contributed by atoms with Crippen LogP contribution in [0, 0.1) is 0 Å². The van der Waals surface area contributed by atoms with E-state index in [0.29, 0.717) is 5.02 Å². The van der Waals surface area contributed by atoms with E-state index in [0.717, 1.165) is 0 Å². The number of imide groups is 1. The predicted octanol–water partition coefficient (Wildman–Crippen LogP) is 0.799. The number of nitrogens with one attached hydrogen (secondary N) is 1. The Morgan fingerprint density at radius 3 is 2.65 bits per heavy atom. The number of hydrogen-bond donors (Lipinski definition) is 2. The van der Waals surface area contributed by atoms with Gasteiger partial charge in [0.15, 0.2) is 0 Å². The lowest BCUT2D eigenvalue weighted by molar-refractivity contribution is -0.143. The molecule has 1 fully saturated rings. The number of halogens is 1. The van der Waals surface area contributed by atoms with Gasteiger partial charge in [0.25, 0.3) is 11.8 Å². The van der Waals surface area contributed by atoms with Crippen molar-refractivity contribution in [3.8, 4) is 0 Å². The third kappa shape index (κ3) is 2.34. The van der Waals surface area contributed by atoms with Crippen LogP contribution >= 0.6 is 11.6 Å². The largest absolute Gasteiger partial charge is 0.398 e. The SMILES string of the molecule is CC1(C)C(=O)NC(=O)CN1C(=O)c1ccc(Cl)c(N)c1. The molecule has 0 bridgehead atoms. The number of nitrogens with two attached hydrogens (primary N) is 1. The van der Waals surface area contributed by atoms with Crippen molar-refractivity contribution in [2.24, 2.45) is 0 Å². The number of anilines is 1. The molecule has 1 heterocycles. The molecule has 1 saturated heterocycles. The summed E-state index contributed by atoms with van der Waals surface area (Å²) >= 11 is 5.81. The fourth-order valence-corrected chi connectivity index (χ4v) is 2.06. The van der Waals surface area contributed by atoms with Gasteiger partial charge in [-0.25, -0.2) is 0 Å². The molecule has 0 spiro atoms. The minimum atomic E-state index is -1.11. The quantitative estimate of drug-likeness (QED) is 0.592. The predicted molar refractivity (Wildman–Crippen MR) is 74.1 cm³/mol. The number of rotatable bonds is 1. The Morgan fingerprint density at radius 2 is 2.05 bits per heavy atom. The zero-order chi connectivity index (χ0) is 15.1. The lowest BCUT2D eigenvalue weighted by Gasteiger charge is -2.40. The second-order valence-electron chi connectivity index (χ2n) is 5.06. The zero-order valence-corrected chi connectivity index (χ0v) is 11.8. The highest BCUT2D eigenvalue weighted by Gasteiger charge is 2.43. The van der Waals surface area contributed by atoms with Crippen molar-refractivity contribution in [1.82, 2.24) is 10.2 Å². The van der Waals surface area contributed by atoms with Gasteiger partial charge in [-0.1, -0.05) is 11.6 Å². The maximum Gasteiger partial charge on any atom is 0.255 e. The summed E-state index contributed by atoms with van der Waals surface area (Å²) in [7, 11) is 0. The van der Waals surface area contributed by atoms with Crippen LogP contribution in [0.25, 0.3) is 0 Å². The van der Waals surface area contributed by atoms with Gasteiger partial charge < -0.3 is 10.6 Å². The second kappa shape index (κ2) is 4.79. The number of amides is 3. The Balaban J connectivity index is 2.38. The molecular formula is C13H14ClN3O3. The molecule has 1 aliphatic rings. The van der Waals surface area contributed by atoms with Gasteiger partial charge in [-0.15, -0.1) is 0 Å². The van der Waals surface area contributed by atoms with Crippen LogP contribution in [0.3, 0.4) is 0 Å². The van der Waals surface area contributed by atoms with Crippen LogP contribution in [0.15, 0.2) is 18.2 Å². The summed E-state index contributed by atoms with van der Waals surface area (Å²) in [6.45, 7) is 2.97. The Hall–Kier alpha value is -2.08. The topological polar surface area (TPSA) is 92.5 Å². The van der Waals surface area contributed by atoms with E-state index in [1.165, 1.54) is 23.1 Å². The highest BCUT2D eigenvalue weighted by Crippen LogP contribution is 2.24. The minimum Gasteiger partial charge on any atom is -0.398 e. The maximum absolute atomic E-state index is 12.5. The van der Waals surface area contributed by atoms with Crippen molar-refractivity contribution in [3.05, 3.63) is 28.8 Å². The van der Waals surface area contributed by atoms with Gasteiger partial charge in [0.05, 0.1) is 10.7 Å². The zero-order valence-electron chi connectivity index (χ0n) is 11.1. The fourth-order valence-electron chi connectivity index (χ4n) is 1.94. The standard InChI is InChI=1S/C13H14ClN3O3/c1-13(2)12(20)16-10(18)6-17(13)11(19)7-3-4-8(14)9(15)5-7/h3-5H,6,15H2,1-2H3,(H,16,18,20). The number of piperazine rings is 1. The normalized spacial score (nSPS) is 17.9. The first kappa shape index (κ1) is 14.3. The van der Waals surface area contributed by atoms with Crippen molar-refractivity contribution in [1.29, 1.82) is 0 Å². The van der Waals surface area contributed by atoms with Gasteiger partial charge in [0.1, 0.15) is 12.1 Å². The molecule has 20 heavy (non-hydrogen) atoms. The van der Waals surface area contributed by atoms with E-state index in [2.05, 4.69) is 5.32 Å². The highest BCUT2D eigenvalue weighted by molar-refractivity contribution is 6.33. The smallest absolute Gasteiger partial charge is 0.255 e. The second-order valence-corrected chi connectivity index (χ2v) is 5.47. The molecule has 0 aromatic heterocycles. The van der Waals surface area contributed by atoms with Gasteiger partial charge in [0.2, 0.25) is 5.91 Å². The number of carbonyl (C=O) groups excluding carboxylic acids is 3. The summed E-state index contributed by atoms with van der Waals surface area (Å²) in [5.41, 5.74) is 5.10. The van der Waals surface area contributed by atoms with Crippen LogP contribution < -0.4 is 11.1 Å². The Morgan fingerprint density at radius 1 is 1.40 bits per heavy atom. The number of benzene rings is 1. The van der Waals surface area contributed by atoms with Crippen LogP contribution in [0.5, 0.6) is 0 Å². The molecule has 2 rings (SSSR count). The summed E-state index contributed by atoms with van der Waals surface area (Å²) < 4.78 is 0. The highest BCUT2D eigenvalue weighted by atomic mass is 35.5. The van der Waals surface area contributed by atoms with Gasteiger partial charge in [-0.2, -0.15) is 0 Å². The first-order valence-corrected chi connectivity index (χ1v) is 6.32. The molecule has 0 aliphatic carbocycles. The third-order valence-corrected chi connectivity index (χ3v) is 3.62. The lowest BCUT2D eigenvalue weighted by Crippen LogP contribution is -2.65. The van der Waals surface area contributed by atoms with E-state index < -0.39 is 23.3 Å². The van der Waals surface area contributed by atoms with E-state index in [1.807, 2.05) is 0 Å². The number of hydrogen-bond acceptors (Lipinski definition) is 4. The summed E-state index contributed by atoms with van der Waals surface area (Å²) in [6, 6.07) is 4.44. The molecule has 1 aromatic rings. The molecule has 3 amide bonds. The van der Waals surface area contributed by atoms with E-state index >= 15 is 0 Å². The third-order valence-electron chi connectivity index (χ3n) is 3.27. The average Bonchev–Trinajstić information content (AvgIpc) is 2.36. The molecule has 1 aliphatic heterocycles. The van der Waals surface area contributed by atoms with Crippen molar-refractivity contribution in [2.75, 3.05) is 12.3 Å². The van der Waals surface area contributed by atoms with Gasteiger partial charge >= 0.3 is 0 Å². The maximum atomic E-state index is 12.5. The molecule has 0 atom stereocenters.